The van der Waals surface area contributed by atoms with E-state index in [9.17, 15) is 9.59 Å². The van der Waals surface area contributed by atoms with Gasteiger partial charge >= 0.3 is 5.97 Å². The van der Waals surface area contributed by atoms with Gasteiger partial charge in [0.05, 0.1) is 19.6 Å². The number of para-hydroxylation sites is 1. The van der Waals surface area contributed by atoms with Gasteiger partial charge in [0.15, 0.2) is 5.96 Å². The molecule has 1 amide bonds. The molecule has 3 rings (SSSR count). The number of methoxy groups -OCH3 is 1. The largest absolute Gasteiger partial charge is 0.469 e. The number of nitrogens with one attached hydrogen (secondary N) is 1. The molecular formula is C20H29IN4O3. The zero-order valence-electron chi connectivity index (χ0n) is 16.5. The van der Waals surface area contributed by atoms with Crippen molar-refractivity contribution < 1.29 is 14.3 Å². The second-order valence-electron chi connectivity index (χ2n) is 6.96. The maximum absolute atomic E-state index is 12.8. The van der Waals surface area contributed by atoms with E-state index in [4.69, 9.17) is 4.74 Å². The number of amides is 1. The number of halogens is 1. The molecule has 2 heterocycles. The van der Waals surface area contributed by atoms with Crippen molar-refractivity contribution in [2.45, 2.75) is 25.7 Å². The number of ether oxygens (including phenoxy) is 1. The fourth-order valence-electron chi connectivity index (χ4n) is 3.87. The third-order valence-corrected chi connectivity index (χ3v) is 5.35. The minimum absolute atomic E-state index is 0. The molecule has 0 aliphatic carbocycles. The highest BCUT2D eigenvalue weighted by Crippen LogP contribution is 2.26. The number of nitrogens with zero attached hydrogens (tertiary/aromatic N) is 3. The lowest BCUT2D eigenvalue weighted by Gasteiger charge is -2.34. The molecule has 8 heteroatoms. The Hall–Kier alpha value is -1.84. The molecule has 0 atom stereocenters. The number of guanidine groups is 1. The van der Waals surface area contributed by atoms with E-state index in [-0.39, 0.29) is 48.3 Å². The first-order valence-electron chi connectivity index (χ1n) is 9.55. The number of carbonyl (C=O) groups excluding carboxylic acids is 2. The predicted molar refractivity (Wildman–Crippen MR) is 120 cm³/mol. The van der Waals surface area contributed by atoms with E-state index in [1.807, 2.05) is 23.1 Å². The first-order chi connectivity index (χ1) is 13.1. The number of rotatable bonds is 3. The van der Waals surface area contributed by atoms with Crippen molar-refractivity contribution in [3.63, 3.8) is 0 Å². The maximum Gasteiger partial charge on any atom is 0.308 e. The van der Waals surface area contributed by atoms with E-state index in [1.165, 1.54) is 12.7 Å². The average molecular weight is 500 g/mol. The molecule has 0 saturated carbocycles. The van der Waals surface area contributed by atoms with Crippen molar-refractivity contribution in [3.8, 4) is 0 Å². The number of aliphatic imine (C=N–C) groups is 1. The molecule has 0 spiro atoms. The molecule has 7 nitrogen and oxygen atoms in total. The van der Waals surface area contributed by atoms with Crippen LogP contribution in [0.4, 0.5) is 5.69 Å². The standard InChI is InChI=1S/C20H28N4O3.HI/c1-21-20(23-12-9-16(10-13-23)19(26)27-2)22-14-18(25)24-11-5-7-15-6-3-4-8-17(15)24;/h3-4,6,8,16H,5,7,9-14H2,1-2H3,(H,21,22);1H. The van der Waals surface area contributed by atoms with Crippen LogP contribution in [0.1, 0.15) is 24.8 Å². The van der Waals surface area contributed by atoms with Gasteiger partial charge in [0.1, 0.15) is 0 Å². The van der Waals surface area contributed by atoms with Crippen LogP contribution in [0.15, 0.2) is 29.3 Å². The van der Waals surface area contributed by atoms with Crippen molar-refractivity contribution in [2.75, 3.05) is 45.2 Å². The lowest BCUT2D eigenvalue weighted by atomic mass is 9.97. The SMILES string of the molecule is CN=C(NCC(=O)N1CCCc2ccccc21)N1CCC(C(=O)OC)CC1.I. The van der Waals surface area contributed by atoms with Crippen LogP contribution in [0.25, 0.3) is 0 Å². The monoisotopic (exact) mass is 500 g/mol. The van der Waals surface area contributed by atoms with Gasteiger partial charge in [0, 0.05) is 32.4 Å². The highest BCUT2D eigenvalue weighted by atomic mass is 127. The second kappa shape index (κ2) is 10.6. The third-order valence-electron chi connectivity index (χ3n) is 5.35. The molecular weight excluding hydrogens is 471 g/mol. The number of carbonyl (C=O) groups is 2. The summed E-state index contributed by atoms with van der Waals surface area (Å²) in [4.78, 5) is 32.7. The minimum Gasteiger partial charge on any atom is -0.469 e. The van der Waals surface area contributed by atoms with Gasteiger partial charge in [0.25, 0.3) is 0 Å². The summed E-state index contributed by atoms with van der Waals surface area (Å²) in [5, 5.41) is 3.19. The summed E-state index contributed by atoms with van der Waals surface area (Å²) >= 11 is 0. The van der Waals surface area contributed by atoms with Gasteiger partial charge in [-0.1, -0.05) is 18.2 Å². The normalized spacial score (nSPS) is 17.4. The van der Waals surface area contributed by atoms with E-state index in [1.54, 1.807) is 7.05 Å². The van der Waals surface area contributed by atoms with Gasteiger partial charge in [-0.05, 0) is 37.3 Å². The summed E-state index contributed by atoms with van der Waals surface area (Å²) < 4.78 is 4.83. The molecule has 28 heavy (non-hydrogen) atoms. The molecule has 1 N–H and O–H groups in total. The van der Waals surface area contributed by atoms with E-state index in [2.05, 4.69) is 21.3 Å². The Morgan fingerprint density at radius 1 is 1.21 bits per heavy atom. The fraction of sp³-hybridized carbons (Fsp3) is 0.550. The molecule has 154 valence electrons. The van der Waals surface area contributed by atoms with Crippen LogP contribution in [-0.2, 0) is 20.7 Å². The Bertz CT molecular complexity index is 717. The third kappa shape index (κ3) is 5.15. The fourth-order valence-corrected chi connectivity index (χ4v) is 3.87. The van der Waals surface area contributed by atoms with Gasteiger partial charge in [0.2, 0.25) is 5.91 Å². The van der Waals surface area contributed by atoms with E-state index in [0.29, 0.717) is 5.96 Å². The zero-order valence-corrected chi connectivity index (χ0v) is 18.8. The number of benzene rings is 1. The number of aryl methyl sites for hydroxylation is 1. The smallest absolute Gasteiger partial charge is 0.308 e. The summed E-state index contributed by atoms with van der Waals surface area (Å²) in [5.41, 5.74) is 2.25. The number of likely N-dealkylation sites (tertiary alicyclic amines) is 1. The maximum atomic E-state index is 12.8. The molecule has 0 aromatic heterocycles. The lowest BCUT2D eigenvalue weighted by molar-refractivity contribution is -0.146. The van der Waals surface area contributed by atoms with Crippen molar-refractivity contribution in [1.29, 1.82) is 0 Å². The Morgan fingerprint density at radius 3 is 2.61 bits per heavy atom. The lowest BCUT2D eigenvalue weighted by Crippen LogP contribution is -2.50. The molecule has 2 aliphatic heterocycles. The molecule has 0 bridgehead atoms. The van der Waals surface area contributed by atoms with Gasteiger partial charge < -0.3 is 19.9 Å². The summed E-state index contributed by atoms with van der Waals surface area (Å²) in [6.45, 7) is 2.40. The Labute approximate surface area is 183 Å². The average Bonchev–Trinajstić information content (AvgIpc) is 2.73. The summed E-state index contributed by atoms with van der Waals surface area (Å²) in [6.07, 6.45) is 3.48. The Morgan fingerprint density at radius 2 is 1.93 bits per heavy atom. The molecule has 1 fully saturated rings. The Balaban J connectivity index is 0.00000280. The van der Waals surface area contributed by atoms with E-state index >= 15 is 0 Å². The number of hydrogen-bond acceptors (Lipinski definition) is 4. The highest BCUT2D eigenvalue weighted by Gasteiger charge is 2.28. The predicted octanol–water partition coefficient (Wildman–Crippen LogP) is 2.04. The highest BCUT2D eigenvalue weighted by molar-refractivity contribution is 14.0. The van der Waals surface area contributed by atoms with Crippen LogP contribution in [0.3, 0.4) is 0 Å². The number of esters is 1. The topological polar surface area (TPSA) is 74.2 Å². The molecule has 0 radical (unpaired) electrons. The summed E-state index contributed by atoms with van der Waals surface area (Å²) in [7, 11) is 3.15. The van der Waals surface area contributed by atoms with Gasteiger partial charge in [-0.2, -0.15) is 0 Å². The first kappa shape index (κ1) is 22.4. The number of piperidine rings is 1. The minimum atomic E-state index is -0.142. The van der Waals surface area contributed by atoms with Crippen LogP contribution in [0.2, 0.25) is 0 Å². The number of anilines is 1. The number of hydrogen-bond donors (Lipinski definition) is 1. The molecule has 0 unspecified atom stereocenters. The Kier molecular flexibility index (Phi) is 8.53. The van der Waals surface area contributed by atoms with Crippen LogP contribution in [0, 0.1) is 5.92 Å². The molecule has 1 aromatic carbocycles. The summed E-state index contributed by atoms with van der Waals surface area (Å²) in [5.74, 6) is 0.567. The quantitative estimate of drug-likeness (QED) is 0.298. The van der Waals surface area contributed by atoms with Crippen molar-refractivity contribution >= 4 is 47.5 Å². The van der Waals surface area contributed by atoms with Gasteiger partial charge in [-0.15, -0.1) is 24.0 Å². The number of fused-ring (bicyclic) bond motifs is 1. The van der Waals surface area contributed by atoms with Crippen LogP contribution in [0.5, 0.6) is 0 Å². The zero-order chi connectivity index (χ0) is 19.2. The van der Waals surface area contributed by atoms with Crippen LogP contribution < -0.4 is 10.2 Å². The second-order valence-corrected chi connectivity index (χ2v) is 6.96. The summed E-state index contributed by atoms with van der Waals surface area (Å²) in [6, 6.07) is 8.10. The molecule has 1 saturated heterocycles. The van der Waals surface area contributed by atoms with Crippen molar-refractivity contribution in [2.24, 2.45) is 10.9 Å². The van der Waals surface area contributed by atoms with E-state index < -0.39 is 0 Å². The van der Waals surface area contributed by atoms with Gasteiger partial charge in [-0.25, -0.2) is 0 Å². The van der Waals surface area contributed by atoms with Crippen LogP contribution >= 0.6 is 24.0 Å². The molecule has 2 aliphatic rings. The molecule has 1 aromatic rings. The first-order valence-corrected chi connectivity index (χ1v) is 9.55. The van der Waals surface area contributed by atoms with Crippen molar-refractivity contribution in [1.82, 2.24) is 10.2 Å². The van der Waals surface area contributed by atoms with Gasteiger partial charge in [-0.3, -0.25) is 14.6 Å². The van der Waals surface area contributed by atoms with E-state index in [0.717, 1.165) is 51.0 Å². The van der Waals surface area contributed by atoms with Crippen molar-refractivity contribution in [3.05, 3.63) is 29.8 Å². The van der Waals surface area contributed by atoms with Crippen LogP contribution in [-0.4, -0.2) is 63.1 Å².